The molecule has 0 aromatic carbocycles. The standard InChI is InChI=1S/C7H16.3C2H6.C2H5.CH4.3CH3.B.W.Y/c1-5-7(4)6(2)3;4*1-2;;;;;;;/h6-7H,5H2,1-4H3;3*1-2H3;1H2,2H3;1H4;3*1H3;;;/q;;;;-1;;3*-1;;+2;. The van der Waals surface area contributed by atoms with E-state index >= 15 is 0 Å². The molecule has 0 fully saturated rings. The zero-order valence-electron chi connectivity index (χ0n) is 18.1. The molecule has 1 unspecified atom stereocenters. The first kappa shape index (κ1) is 88.7. The molecule has 0 bridgehead atoms. The van der Waals surface area contributed by atoms with Crippen LogP contribution in [0.2, 0.25) is 0 Å². The molecule has 22 heavy (non-hydrogen) atoms. The normalized spacial score (nSPS) is 5.86. The van der Waals surface area contributed by atoms with E-state index < -0.39 is 0 Å². The van der Waals surface area contributed by atoms with Gasteiger partial charge < -0.3 is 29.2 Å². The van der Waals surface area contributed by atoms with Crippen molar-refractivity contribution in [3.63, 3.8) is 0 Å². The number of rotatable bonds is 2. The third-order valence-corrected chi connectivity index (χ3v) is 1.78. The molecule has 0 aliphatic carbocycles. The first-order valence-corrected chi connectivity index (χ1v) is 6.89. The van der Waals surface area contributed by atoms with Gasteiger partial charge in [0, 0.05) is 41.1 Å². The van der Waals surface area contributed by atoms with Crippen molar-refractivity contribution in [3.05, 3.63) is 29.2 Å². The van der Waals surface area contributed by atoms with E-state index in [0.29, 0.717) is 0 Å². The van der Waals surface area contributed by atoms with Crippen molar-refractivity contribution >= 4 is 8.41 Å². The molecular weight excluding hydrogens is 512 g/mol. The first-order chi connectivity index (χ1) is 7.18. The summed E-state index contributed by atoms with van der Waals surface area (Å²) in [4.78, 5) is 0. The molecule has 0 aliphatic heterocycles. The molecule has 0 heterocycles. The van der Waals surface area contributed by atoms with Gasteiger partial charge >= 0.3 is 21.1 Å². The number of hydrogen-bond acceptors (Lipinski definition) is 0. The van der Waals surface area contributed by atoms with E-state index in [1.807, 2.05) is 41.5 Å². The minimum Gasteiger partial charge on any atom is -0.358 e. The number of hydrogen-bond donors (Lipinski definition) is 0. The second-order valence-corrected chi connectivity index (χ2v) is 2.63. The third kappa shape index (κ3) is 154. The molecule has 4 radical (unpaired) electrons. The van der Waals surface area contributed by atoms with Crippen molar-refractivity contribution in [1.29, 1.82) is 0 Å². The third-order valence-electron chi connectivity index (χ3n) is 1.78. The van der Waals surface area contributed by atoms with Gasteiger partial charge in [-0.05, 0) is 11.8 Å². The van der Waals surface area contributed by atoms with E-state index in [0.717, 1.165) is 11.8 Å². The van der Waals surface area contributed by atoms with Crippen LogP contribution in [0.5, 0.6) is 0 Å². The predicted molar refractivity (Wildman–Crippen MR) is 111 cm³/mol. The van der Waals surface area contributed by atoms with Gasteiger partial charge in [-0.2, -0.15) is 6.92 Å². The van der Waals surface area contributed by atoms with E-state index in [4.69, 9.17) is 0 Å². The molecule has 0 N–H and O–H groups in total. The van der Waals surface area contributed by atoms with Crippen LogP contribution in [0.1, 0.15) is 90.0 Å². The second-order valence-electron chi connectivity index (χ2n) is 2.63. The summed E-state index contributed by atoms with van der Waals surface area (Å²) in [6.45, 7) is 26.1. The minimum absolute atomic E-state index is 0. The van der Waals surface area contributed by atoms with Crippen LogP contribution in [-0.2, 0) is 53.8 Å². The van der Waals surface area contributed by atoms with Gasteiger partial charge in [0.05, 0.1) is 0 Å². The van der Waals surface area contributed by atoms with Gasteiger partial charge in [0.15, 0.2) is 0 Å². The largest absolute Gasteiger partial charge is 2.00 e. The Morgan fingerprint density at radius 3 is 0.864 bits per heavy atom. The van der Waals surface area contributed by atoms with Crippen molar-refractivity contribution in [3.8, 4) is 0 Å². The molecule has 0 rings (SSSR count). The Morgan fingerprint density at radius 1 is 0.727 bits per heavy atom. The topological polar surface area (TPSA) is 0 Å². The quantitative estimate of drug-likeness (QED) is 0.234. The Kier molecular flexibility index (Phi) is 561. The fraction of sp³-hybridized carbons (Fsp3) is 0.789. The molecule has 0 spiro atoms. The Hall–Kier alpha value is 1.86. The predicted octanol–water partition coefficient (Wildman–Crippen LogP) is 8.21. The summed E-state index contributed by atoms with van der Waals surface area (Å²) in [7, 11) is 0. The zero-order valence-corrected chi connectivity index (χ0v) is 23.9. The average Bonchev–Trinajstić information content (AvgIpc) is 2.37. The van der Waals surface area contributed by atoms with Crippen LogP contribution < -0.4 is 0 Å². The maximum Gasteiger partial charge on any atom is 2.00 e. The van der Waals surface area contributed by atoms with Crippen LogP contribution in [0.25, 0.3) is 0 Å². The fourth-order valence-corrected chi connectivity index (χ4v) is 0.471. The maximum atomic E-state index is 3.25. The molecular formula is C19H52BWY-2. The molecule has 0 aliphatic rings. The Balaban J connectivity index is -0.00000000600. The molecule has 0 aromatic heterocycles. The zero-order chi connectivity index (χ0) is 13.9. The van der Waals surface area contributed by atoms with Crippen molar-refractivity contribution in [1.82, 2.24) is 0 Å². The van der Waals surface area contributed by atoms with Crippen molar-refractivity contribution in [2.24, 2.45) is 11.8 Å². The molecule has 0 amide bonds. The summed E-state index contributed by atoms with van der Waals surface area (Å²) in [5.41, 5.74) is 0. The fourth-order valence-electron chi connectivity index (χ4n) is 0.471. The van der Waals surface area contributed by atoms with Crippen LogP contribution in [0.4, 0.5) is 0 Å². The summed E-state index contributed by atoms with van der Waals surface area (Å²) in [5, 5.41) is 0. The summed E-state index contributed by atoms with van der Waals surface area (Å²) in [5.74, 6) is 1.77. The Morgan fingerprint density at radius 2 is 0.864 bits per heavy atom. The van der Waals surface area contributed by atoms with Crippen LogP contribution >= 0.6 is 0 Å². The van der Waals surface area contributed by atoms with Gasteiger partial charge in [-0.3, -0.25) is 0 Å². The first-order valence-electron chi connectivity index (χ1n) is 6.89. The van der Waals surface area contributed by atoms with E-state index in [-0.39, 0.29) is 91.9 Å². The van der Waals surface area contributed by atoms with Crippen molar-refractivity contribution in [2.45, 2.75) is 90.0 Å². The molecule has 0 saturated heterocycles. The molecule has 0 nitrogen and oxygen atoms in total. The smallest absolute Gasteiger partial charge is 0.358 e. The van der Waals surface area contributed by atoms with Gasteiger partial charge in [0.1, 0.15) is 0 Å². The summed E-state index contributed by atoms with van der Waals surface area (Å²) in [6, 6.07) is 0. The molecule has 142 valence electrons. The molecule has 3 heteroatoms. The van der Waals surface area contributed by atoms with E-state index in [2.05, 4.69) is 34.6 Å². The summed E-state index contributed by atoms with van der Waals surface area (Å²) < 4.78 is 0. The molecule has 1 atom stereocenters. The van der Waals surface area contributed by atoms with Crippen molar-refractivity contribution in [2.75, 3.05) is 0 Å². The van der Waals surface area contributed by atoms with E-state index in [9.17, 15) is 0 Å². The average molecular weight is 564 g/mol. The van der Waals surface area contributed by atoms with Gasteiger partial charge in [0.2, 0.25) is 0 Å². The van der Waals surface area contributed by atoms with E-state index in [1.165, 1.54) is 6.42 Å². The summed E-state index contributed by atoms with van der Waals surface area (Å²) >= 11 is 0. The van der Waals surface area contributed by atoms with Gasteiger partial charge in [-0.1, -0.05) is 83.1 Å². The minimum atomic E-state index is 0. The second kappa shape index (κ2) is 139. The van der Waals surface area contributed by atoms with Crippen LogP contribution in [0, 0.1) is 41.0 Å². The Bertz CT molecular complexity index is 54.7. The van der Waals surface area contributed by atoms with Crippen LogP contribution in [0.3, 0.4) is 0 Å². The van der Waals surface area contributed by atoms with Gasteiger partial charge in [0.25, 0.3) is 0 Å². The maximum absolute atomic E-state index is 3.25. The molecule has 0 aromatic rings. The van der Waals surface area contributed by atoms with Crippen LogP contribution in [-0.4, -0.2) is 8.41 Å². The Labute approximate surface area is 191 Å². The van der Waals surface area contributed by atoms with Gasteiger partial charge in [-0.15, -0.1) is 0 Å². The molecule has 0 saturated carbocycles. The van der Waals surface area contributed by atoms with E-state index in [1.54, 1.807) is 6.92 Å². The van der Waals surface area contributed by atoms with Crippen molar-refractivity contribution < 1.29 is 53.8 Å². The SMILES string of the molecule is C.CC.CC.CC.CCC(C)C(C)C.[B].[CH2-]C.[CH3-].[CH3-].[CH3-].[W+2].[Y]. The summed E-state index contributed by atoms with van der Waals surface area (Å²) in [6.07, 6.45) is 1.32. The monoisotopic (exact) mass is 564 g/mol. The van der Waals surface area contributed by atoms with Crippen LogP contribution in [0.15, 0.2) is 0 Å². The van der Waals surface area contributed by atoms with Gasteiger partial charge in [-0.25, -0.2) is 0 Å².